The van der Waals surface area contributed by atoms with E-state index >= 15 is 0 Å². The standard InChI is InChI=1S/C14H10BrClFN3O3S/c1-23-13-4-9(15)10(17)5-11(13)19-24(21,22)14-6-18-20-7-8(16)2-3-12(14)20/h2-7,19H,1H3/i1D3. The molecule has 0 saturated carbocycles. The number of sulfonamides is 1. The van der Waals surface area contributed by atoms with Crippen molar-refractivity contribution in [2.75, 3.05) is 11.8 Å². The first-order chi connectivity index (χ1) is 12.5. The Morgan fingerprint density at radius 2 is 2.25 bits per heavy atom. The van der Waals surface area contributed by atoms with Gasteiger partial charge in [-0.25, -0.2) is 17.3 Å². The van der Waals surface area contributed by atoms with E-state index in [1.165, 1.54) is 22.8 Å². The third-order valence-corrected chi connectivity index (χ3v) is 5.32. The molecule has 3 rings (SSSR count). The molecule has 2 aromatic heterocycles. The van der Waals surface area contributed by atoms with E-state index in [-0.39, 0.29) is 26.3 Å². The molecule has 0 bridgehead atoms. The largest absolute Gasteiger partial charge is 0.495 e. The molecule has 24 heavy (non-hydrogen) atoms. The molecule has 10 heteroatoms. The summed E-state index contributed by atoms with van der Waals surface area (Å²) in [7, 11) is -7.10. The lowest BCUT2D eigenvalue weighted by atomic mass is 10.3. The van der Waals surface area contributed by atoms with E-state index in [1.54, 1.807) is 0 Å². The zero-order valence-corrected chi connectivity index (χ0v) is 14.8. The van der Waals surface area contributed by atoms with Gasteiger partial charge in [-0.3, -0.25) is 4.72 Å². The summed E-state index contributed by atoms with van der Waals surface area (Å²) < 4.78 is 69.0. The zero-order chi connectivity index (χ0) is 20.0. The molecule has 0 amide bonds. The van der Waals surface area contributed by atoms with Crippen molar-refractivity contribution < 1.29 is 21.7 Å². The molecule has 0 aliphatic heterocycles. The summed E-state index contributed by atoms with van der Waals surface area (Å²) in [4.78, 5) is -0.206. The molecular weight excluding hydrogens is 425 g/mol. The second-order valence-corrected chi connectivity index (χ2v) is 7.60. The van der Waals surface area contributed by atoms with Crippen LogP contribution >= 0.6 is 27.5 Å². The second kappa shape index (κ2) is 6.23. The summed E-state index contributed by atoms with van der Waals surface area (Å²) in [5, 5.41) is 4.26. The smallest absolute Gasteiger partial charge is 0.265 e. The number of benzene rings is 1. The molecule has 0 unspecified atom stereocenters. The molecule has 6 nitrogen and oxygen atoms in total. The molecule has 0 atom stereocenters. The van der Waals surface area contributed by atoms with Crippen LogP contribution in [-0.2, 0) is 10.0 Å². The zero-order valence-electron chi connectivity index (χ0n) is 14.6. The van der Waals surface area contributed by atoms with Crippen LogP contribution in [0.4, 0.5) is 10.1 Å². The maximum Gasteiger partial charge on any atom is 0.265 e. The van der Waals surface area contributed by atoms with Crippen LogP contribution in [0.1, 0.15) is 4.11 Å². The average molecular weight is 438 g/mol. The Kier molecular flexibility index (Phi) is 3.49. The minimum absolute atomic E-state index is 0.0877. The number of fused-ring (bicyclic) bond motifs is 1. The number of aromatic nitrogens is 2. The van der Waals surface area contributed by atoms with Crippen LogP contribution in [0, 0.1) is 5.82 Å². The van der Waals surface area contributed by atoms with Crippen molar-refractivity contribution in [3.8, 4) is 5.75 Å². The second-order valence-electron chi connectivity index (χ2n) is 4.66. The number of nitrogens with zero attached hydrogens (tertiary/aromatic N) is 2. The number of hydrogen-bond donors (Lipinski definition) is 1. The first-order valence-corrected chi connectivity index (χ1v) is 8.95. The molecule has 0 saturated heterocycles. The lowest BCUT2D eigenvalue weighted by molar-refractivity contribution is 0.415. The van der Waals surface area contributed by atoms with Gasteiger partial charge in [0.2, 0.25) is 0 Å². The molecule has 0 fully saturated rings. The van der Waals surface area contributed by atoms with E-state index in [0.29, 0.717) is 5.02 Å². The normalized spacial score (nSPS) is 14.0. The van der Waals surface area contributed by atoms with Gasteiger partial charge in [0, 0.05) is 12.3 Å². The van der Waals surface area contributed by atoms with Crippen LogP contribution in [0.5, 0.6) is 5.75 Å². The van der Waals surface area contributed by atoms with Crippen molar-refractivity contribution in [1.29, 1.82) is 0 Å². The van der Waals surface area contributed by atoms with Crippen molar-refractivity contribution >= 4 is 48.8 Å². The fourth-order valence-corrected chi connectivity index (χ4v) is 3.69. The number of anilines is 1. The van der Waals surface area contributed by atoms with Gasteiger partial charge in [-0.05, 0) is 34.1 Å². The lowest BCUT2D eigenvalue weighted by Gasteiger charge is -2.12. The first kappa shape index (κ1) is 13.5. The molecule has 2 heterocycles. The molecule has 0 aliphatic rings. The summed E-state index contributed by atoms with van der Waals surface area (Å²) >= 11 is 8.75. The number of rotatable bonds is 4. The Hall–Kier alpha value is -1.84. The van der Waals surface area contributed by atoms with Gasteiger partial charge in [0.1, 0.15) is 16.5 Å². The summed E-state index contributed by atoms with van der Waals surface area (Å²) in [5.74, 6) is -1.18. The van der Waals surface area contributed by atoms with Crippen LogP contribution < -0.4 is 9.46 Å². The quantitative estimate of drug-likeness (QED) is 0.675. The molecule has 1 aromatic carbocycles. The van der Waals surface area contributed by atoms with E-state index < -0.39 is 22.9 Å². The van der Waals surface area contributed by atoms with Gasteiger partial charge < -0.3 is 4.74 Å². The Morgan fingerprint density at radius 1 is 1.46 bits per heavy atom. The van der Waals surface area contributed by atoms with Crippen molar-refractivity contribution in [3.63, 3.8) is 0 Å². The van der Waals surface area contributed by atoms with Crippen LogP contribution in [0.15, 0.2) is 46.0 Å². The Labute approximate surface area is 154 Å². The van der Waals surface area contributed by atoms with E-state index in [0.717, 1.165) is 18.3 Å². The highest BCUT2D eigenvalue weighted by Crippen LogP contribution is 2.32. The Morgan fingerprint density at radius 3 is 3.00 bits per heavy atom. The van der Waals surface area contributed by atoms with E-state index in [9.17, 15) is 12.8 Å². The lowest BCUT2D eigenvalue weighted by Crippen LogP contribution is -2.13. The van der Waals surface area contributed by atoms with Gasteiger partial charge in [-0.15, -0.1) is 0 Å². The fraction of sp³-hybridized carbons (Fsp3) is 0.0714. The van der Waals surface area contributed by atoms with Crippen LogP contribution in [0.3, 0.4) is 0 Å². The molecule has 0 radical (unpaired) electrons. The van der Waals surface area contributed by atoms with Gasteiger partial charge in [0.25, 0.3) is 10.0 Å². The van der Waals surface area contributed by atoms with Gasteiger partial charge in [-0.2, -0.15) is 5.10 Å². The van der Waals surface area contributed by atoms with Crippen molar-refractivity contribution in [3.05, 3.63) is 52.0 Å². The summed E-state index contributed by atoms with van der Waals surface area (Å²) in [6.07, 6.45) is 2.51. The van der Waals surface area contributed by atoms with E-state index in [4.69, 9.17) is 20.5 Å². The highest BCUT2D eigenvalue weighted by Gasteiger charge is 2.22. The number of pyridine rings is 1. The number of ether oxygens (including phenoxy) is 1. The van der Waals surface area contributed by atoms with Gasteiger partial charge in [-0.1, -0.05) is 11.6 Å². The Bertz CT molecular complexity index is 1140. The van der Waals surface area contributed by atoms with E-state index in [2.05, 4.69) is 25.8 Å². The number of hydrogen-bond acceptors (Lipinski definition) is 4. The molecule has 126 valence electrons. The number of halogens is 3. The fourth-order valence-electron chi connectivity index (χ4n) is 2.04. The third-order valence-electron chi connectivity index (χ3n) is 3.11. The number of methoxy groups -OCH3 is 1. The first-order valence-electron chi connectivity index (χ1n) is 7.80. The van der Waals surface area contributed by atoms with Gasteiger partial charge in [0.05, 0.1) is 38.0 Å². The molecule has 3 aromatic rings. The van der Waals surface area contributed by atoms with Crippen LogP contribution in [0.2, 0.25) is 5.02 Å². The van der Waals surface area contributed by atoms with Gasteiger partial charge in [0.15, 0.2) is 0 Å². The minimum Gasteiger partial charge on any atom is -0.495 e. The topological polar surface area (TPSA) is 72.7 Å². The molecule has 0 aliphatic carbocycles. The maximum absolute atomic E-state index is 13.9. The molecule has 0 spiro atoms. The highest BCUT2D eigenvalue weighted by atomic mass is 79.9. The minimum atomic E-state index is -4.24. The Balaban J connectivity index is 2.06. The molecular formula is C14H10BrClFN3O3S. The SMILES string of the molecule is [2H]C([2H])([2H])Oc1cc(Br)c(F)cc1NS(=O)(=O)c1cnn2cc(Cl)ccc12. The predicted molar refractivity (Wildman–Crippen MR) is 91.7 cm³/mol. The third kappa shape index (κ3) is 3.06. The summed E-state index contributed by atoms with van der Waals surface area (Å²) in [6, 6.07) is 4.77. The highest BCUT2D eigenvalue weighted by molar-refractivity contribution is 9.10. The van der Waals surface area contributed by atoms with Crippen molar-refractivity contribution in [1.82, 2.24) is 9.61 Å². The summed E-state index contributed by atoms with van der Waals surface area (Å²) in [6.45, 7) is 0. The van der Waals surface area contributed by atoms with E-state index in [1.807, 2.05) is 0 Å². The predicted octanol–water partition coefficient (Wildman–Crippen LogP) is 3.70. The van der Waals surface area contributed by atoms with Crippen LogP contribution in [-0.4, -0.2) is 25.1 Å². The number of nitrogens with one attached hydrogen (secondary N) is 1. The maximum atomic E-state index is 13.9. The summed E-state index contributed by atoms with van der Waals surface area (Å²) in [5.41, 5.74) is -0.150. The molecule has 1 N–H and O–H groups in total. The van der Waals surface area contributed by atoms with Crippen molar-refractivity contribution in [2.45, 2.75) is 4.90 Å². The van der Waals surface area contributed by atoms with Crippen molar-refractivity contribution in [2.24, 2.45) is 0 Å². The average Bonchev–Trinajstić information content (AvgIpc) is 2.94. The van der Waals surface area contributed by atoms with Gasteiger partial charge >= 0.3 is 0 Å². The monoisotopic (exact) mass is 436 g/mol. The van der Waals surface area contributed by atoms with Crippen LogP contribution in [0.25, 0.3) is 5.52 Å².